The van der Waals surface area contributed by atoms with Gasteiger partial charge in [-0.05, 0) is 24.3 Å². The van der Waals surface area contributed by atoms with Crippen molar-refractivity contribution in [2.45, 2.75) is 9.79 Å². The van der Waals surface area contributed by atoms with Crippen LogP contribution in [-0.2, 0) is 0 Å². The molecule has 0 aromatic heterocycles. The first-order valence-corrected chi connectivity index (χ1v) is 6.70. The normalized spacial score (nSPS) is 12.9. The van der Waals surface area contributed by atoms with Crippen molar-refractivity contribution in [3.8, 4) is 0 Å². The fraction of sp³-hybridized carbons (Fsp3) is 0. The van der Waals surface area contributed by atoms with Crippen LogP contribution in [0.4, 0.5) is 5.69 Å². The maximum absolute atomic E-state index is 6.29. The van der Waals surface area contributed by atoms with E-state index in [4.69, 9.17) is 11.6 Å². The van der Waals surface area contributed by atoms with Gasteiger partial charge in [0.05, 0.1) is 11.4 Å². The van der Waals surface area contributed by atoms with Crippen molar-refractivity contribution in [2.75, 3.05) is 5.32 Å². The van der Waals surface area contributed by atoms with E-state index >= 15 is 0 Å². The zero-order valence-electron chi connectivity index (χ0n) is 9.43. The first kappa shape index (κ1) is 11.6. The van der Waals surface area contributed by atoms with E-state index in [2.05, 4.69) is 28.5 Å². The van der Waals surface area contributed by atoms with E-state index in [1.807, 2.05) is 30.8 Å². The first-order valence-electron chi connectivity index (χ1n) is 5.51. The lowest BCUT2D eigenvalue weighted by molar-refractivity contribution is 1.27. The topological polar surface area (TPSA) is 24.4 Å². The van der Waals surface area contributed by atoms with E-state index in [0.29, 0.717) is 0 Å². The lowest BCUT2D eigenvalue weighted by Gasteiger charge is -2.14. The lowest BCUT2D eigenvalue weighted by atomic mass is 10.1. The Morgan fingerprint density at radius 1 is 1.11 bits per heavy atom. The van der Waals surface area contributed by atoms with Crippen LogP contribution in [-0.4, -0.2) is 6.34 Å². The molecular formula is C14H10ClN2S. The van der Waals surface area contributed by atoms with Crippen LogP contribution in [0.5, 0.6) is 0 Å². The molecule has 4 heteroatoms. The fourth-order valence-electron chi connectivity index (χ4n) is 1.72. The summed E-state index contributed by atoms with van der Waals surface area (Å²) in [5.74, 6) is 0. The maximum Gasteiger partial charge on any atom is 0.105 e. The fourth-order valence-corrected chi connectivity index (χ4v) is 2.89. The van der Waals surface area contributed by atoms with Gasteiger partial charge in [0, 0.05) is 21.0 Å². The molecule has 0 fully saturated rings. The van der Waals surface area contributed by atoms with Crippen LogP contribution >= 0.6 is 23.4 Å². The van der Waals surface area contributed by atoms with Crippen molar-refractivity contribution in [3.05, 3.63) is 59.6 Å². The Labute approximate surface area is 115 Å². The minimum atomic E-state index is 0.749. The molecule has 1 aliphatic rings. The molecule has 2 aromatic carbocycles. The van der Waals surface area contributed by atoms with Gasteiger partial charge >= 0.3 is 0 Å². The van der Waals surface area contributed by atoms with Crippen LogP contribution in [0.2, 0.25) is 5.02 Å². The number of halogens is 1. The molecular weight excluding hydrogens is 264 g/mol. The molecule has 0 saturated heterocycles. The maximum atomic E-state index is 6.29. The highest BCUT2D eigenvalue weighted by molar-refractivity contribution is 7.99. The molecule has 0 spiro atoms. The summed E-state index contributed by atoms with van der Waals surface area (Å²) in [7, 11) is 0. The second-order valence-electron chi connectivity index (χ2n) is 3.84. The molecule has 0 bridgehead atoms. The van der Waals surface area contributed by atoms with Gasteiger partial charge in [0.2, 0.25) is 0 Å². The number of rotatable bonds is 2. The van der Waals surface area contributed by atoms with Crippen LogP contribution < -0.4 is 5.32 Å². The van der Waals surface area contributed by atoms with Crippen LogP contribution in [0.15, 0.2) is 57.2 Å². The number of fused-ring (bicyclic) bond motifs is 1. The predicted octanol–water partition coefficient (Wildman–Crippen LogP) is 4.45. The Kier molecular flexibility index (Phi) is 3.26. The zero-order chi connectivity index (χ0) is 12.4. The van der Waals surface area contributed by atoms with Crippen LogP contribution in [0.3, 0.4) is 0 Å². The third kappa shape index (κ3) is 2.37. The number of benzene rings is 2. The highest BCUT2D eigenvalue weighted by atomic mass is 35.5. The summed E-state index contributed by atoms with van der Waals surface area (Å²) in [5, 5.41) is 3.83. The number of hydrogen-bond acceptors (Lipinski definition) is 3. The van der Waals surface area contributed by atoms with Gasteiger partial charge < -0.3 is 5.32 Å². The molecule has 2 nitrogen and oxygen atoms in total. The lowest BCUT2D eigenvalue weighted by Crippen LogP contribution is -2.03. The van der Waals surface area contributed by atoms with Gasteiger partial charge in [0.15, 0.2) is 0 Å². The summed E-state index contributed by atoms with van der Waals surface area (Å²) in [5.41, 5.74) is 2.05. The molecule has 18 heavy (non-hydrogen) atoms. The van der Waals surface area contributed by atoms with Crippen molar-refractivity contribution in [1.29, 1.82) is 0 Å². The molecule has 2 aromatic rings. The van der Waals surface area contributed by atoms with Gasteiger partial charge in [-0.15, -0.1) is 0 Å². The highest BCUT2D eigenvalue weighted by Gasteiger charge is 2.11. The average molecular weight is 274 g/mol. The largest absolute Gasteiger partial charge is 0.346 e. The standard InChI is InChI=1S/C14H10ClN2S/c15-12-7-13-10(8-16-9-17-13)6-14(12)18-11-4-2-1-3-5-11/h1-9H,(H,16,17). The number of hydrogen-bond donors (Lipinski definition) is 1. The van der Waals surface area contributed by atoms with Crippen molar-refractivity contribution < 1.29 is 0 Å². The second-order valence-corrected chi connectivity index (χ2v) is 5.36. The third-order valence-electron chi connectivity index (χ3n) is 2.58. The van der Waals surface area contributed by atoms with Crippen LogP contribution in [0.25, 0.3) is 0 Å². The summed E-state index contributed by atoms with van der Waals surface area (Å²) in [4.78, 5) is 6.29. The minimum Gasteiger partial charge on any atom is -0.346 e. The third-order valence-corrected chi connectivity index (χ3v) is 4.07. The highest BCUT2D eigenvalue weighted by Crippen LogP contribution is 2.37. The van der Waals surface area contributed by atoms with E-state index in [1.54, 1.807) is 18.1 Å². The van der Waals surface area contributed by atoms with Gasteiger partial charge in [-0.1, -0.05) is 41.6 Å². The van der Waals surface area contributed by atoms with Crippen LogP contribution in [0, 0.1) is 6.54 Å². The first-order chi connectivity index (χ1) is 8.83. The van der Waals surface area contributed by atoms with Gasteiger partial charge in [-0.3, -0.25) is 4.99 Å². The summed E-state index contributed by atoms with van der Waals surface area (Å²) in [6.07, 6.45) is 1.66. The smallest absolute Gasteiger partial charge is 0.105 e. The van der Waals surface area contributed by atoms with E-state index in [1.165, 1.54) is 4.90 Å². The number of anilines is 1. The van der Waals surface area contributed by atoms with Crippen molar-refractivity contribution in [3.63, 3.8) is 0 Å². The predicted molar refractivity (Wildman–Crippen MR) is 77.5 cm³/mol. The molecule has 3 rings (SSSR count). The van der Waals surface area contributed by atoms with E-state index in [0.717, 1.165) is 21.2 Å². The Balaban J connectivity index is 1.94. The van der Waals surface area contributed by atoms with E-state index in [9.17, 15) is 0 Å². The molecule has 0 saturated carbocycles. The number of nitrogens with zero attached hydrogens (tertiary/aromatic N) is 1. The monoisotopic (exact) mass is 273 g/mol. The van der Waals surface area contributed by atoms with Crippen molar-refractivity contribution in [1.82, 2.24) is 0 Å². The molecule has 0 aliphatic carbocycles. The molecule has 0 atom stereocenters. The van der Waals surface area contributed by atoms with E-state index in [-0.39, 0.29) is 0 Å². The summed E-state index contributed by atoms with van der Waals surface area (Å²) in [6, 6.07) is 14.2. The number of aliphatic imine (C=N–C) groups is 1. The SMILES string of the molecule is Clc1cc2c(cc1Sc1ccccc1)[CH]N=CN2. The molecule has 1 radical (unpaired) electrons. The van der Waals surface area contributed by atoms with Crippen LogP contribution in [0.1, 0.15) is 5.56 Å². The van der Waals surface area contributed by atoms with Gasteiger partial charge in [-0.25, -0.2) is 0 Å². The summed E-state index contributed by atoms with van der Waals surface area (Å²) >= 11 is 7.95. The van der Waals surface area contributed by atoms with Crippen molar-refractivity contribution in [2.24, 2.45) is 4.99 Å². The summed E-state index contributed by atoms with van der Waals surface area (Å²) < 4.78 is 0. The van der Waals surface area contributed by atoms with Crippen molar-refractivity contribution >= 4 is 35.4 Å². The Bertz CT molecular complexity index is 596. The zero-order valence-corrected chi connectivity index (χ0v) is 11.0. The minimum absolute atomic E-state index is 0.749. The Hall–Kier alpha value is -1.45. The average Bonchev–Trinajstić information content (AvgIpc) is 2.41. The molecule has 1 aliphatic heterocycles. The van der Waals surface area contributed by atoms with Gasteiger partial charge in [-0.2, -0.15) is 0 Å². The molecule has 1 heterocycles. The van der Waals surface area contributed by atoms with Gasteiger partial charge in [0.1, 0.15) is 6.54 Å². The van der Waals surface area contributed by atoms with Gasteiger partial charge in [0.25, 0.3) is 0 Å². The molecule has 1 N–H and O–H groups in total. The molecule has 0 amide bonds. The number of nitrogens with one attached hydrogen (secondary N) is 1. The molecule has 89 valence electrons. The second kappa shape index (κ2) is 5.04. The Morgan fingerprint density at radius 3 is 2.78 bits per heavy atom. The van der Waals surface area contributed by atoms with E-state index < -0.39 is 0 Å². The quantitative estimate of drug-likeness (QED) is 0.874. The molecule has 0 unspecified atom stereocenters. The summed E-state index contributed by atoms with van der Waals surface area (Å²) in [6.45, 7) is 1.83. The Morgan fingerprint density at radius 2 is 1.94 bits per heavy atom.